The molecule has 0 aliphatic carbocycles. The van der Waals surface area contributed by atoms with Crippen molar-refractivity contribution in [1.82, 2.24) is 5.32 Å². The molecular formula is C10H19N. The van der Waals surface area contributed by atoms with Crippen molar-refractivity contribution in [3.63, 3.8) is 0 Å². The van der Waals surface area contributed by atoms with Gasteiger partial charge in [-0.3, -0.25) is 0 Å². The summed E-state index contributed by atoms with van der Waals surface area (Å²) in [5.74, 6) is 0. The van der Waals surface area contributed by atoms with Crippen LogP contribution in [-0.4, -0.2) is 6.54 Å². The molecule has 0 saturated carbocycles. The predicted octanol–water partition coefficient (Wildman–Crippen LogP) is 2.86. The van der Waals surface area contributed by atoms with E-state index in [1.54, 1.807) is 0 Å². The van der Waals surface area contributed by atoms with Gasteiger partial charge in [0.1, 0.15) is 0 Å². The minimum absolute atomic E-state index is 1.05. The summed E-state index contributed by atoms with van der Waals surface area (Å²) in [6.45, 7) is 5.34. The molecule has 0 aromatic rings. The summed E-state index contributed by atoms with van der Waals surface area (Å²) >= 11 is 0. The van der Waals surface area contributed by atoms with Crippen LogP contribution < -0.4 is 5.32 Å². The molecule has 0 radical (unpaired) electrons. The average molecular weight is 153 g/mol. The number of rotatable bonds is 6. The molecule has 0 rings (SSSR count). The molecule has 0 saturated heterocycles. The van der Waals surface area contributed by atoms with Gasteiger partial charge in [0.15, 0.2) is 0 Å². The van der Waals surface area contributed by atoms with Gasteiger partial charge in [-0.05, 0) is 25.5 Å². The van der Waals surface area contributed by atoms with Crippen molar-refractivity contribution in [2.24, 2.45) is 0 Å². The Balaban J connectivity index is 3.02. The molecule has 0 spiro atoms. The first kappa shape index (κ1) is 10.3. The van der Waals surface area contributed by atoms with Gasteiger partial charge in [-0.1, -0.05) is 32.1 Å². The SMILES string of the molecule is CCC=CCCNC=CCC. The van der Waals surface area contributed by atoms with Gasteiger partial charge in [0.25, 0.3) is 0 Å². The third-order valence-corrected chi connectivity index (χ3v) is 1.33. The molecule has 0 amide bonds. The summed E-state index contributed by atoms with van der Waals surface area (Å²) in [7, 11) is 0. The van der Waals surface area contributed by atoms with E-state index in [2.05, 4.69) is 37.4 Å². The fourth-order valence-electron chi connectivity index (χ4n) is 0.736. The summed E-state index contributed by atoms with van der Waals surface area (Å²) in [5.41, 5.74) is 0. The molecule has 1 heteroatoms. The van der Waals surface area contributed by atoms with Gasteiger partial charge in [-0.15, -0.1) is 0 Å². The molecule has 0 heterocycles. The second-order valence-electron chi connectivity index (χ2n) is 2.43. The predicted molar refractivity (Wildman–Crippen MR) is 51.5 cm³/mol. The van der Waals surface area contributed by atoms with Crippen molar-refractivity contribution >= 4 is 0 Å². The second-order valence-corrected chi connectivity index (χ2v) is 2.43. The van der Waals surface area contributed by atoms with Crippen LogP contribution >= 0.6 is 0 Å². The summed E-state index contributed by atoms with van der Waals surface area (Å²) in [5, 5.41) is 3.21. The van der Waals surface area contributed by atoms with E-state index in [-0.39, 0.29) is 0 Å². The van der Waals surface area contributed by atoms with Gasteiger partial charge in [0.05, 0.1) is 0 Å². The van der Waals surface area contributed by atoms with E-state index >= 15 is 0 Å². The Kier molecular flexibility index (Phi) is 8.67. The van der Waals surface area contributed by atoms with E-state index in [0.717, 1.165) is 25.8 Å². The second kappa shape index (κ2) is 9.28. The summed E-state index contributed by atoms with van der Waals surface area (Å²) < 4.78 is 0. The molecule has 0 fully saturated rings. The largest absolute Gasteiger partial charge is 0.391 e. The number of hydrogen-bond acceptors (Lipinski definition) is 1. The van der Waals surface area contributed by atoms with Gasteiger partial charge in [0.2, 0.25) is 0 Å². The van der Waals surface area contributed by atoms with Crippen molar-refractivity contribution in [2.75, 3.05) is 6.54 Å². The van der Waals surface area contributed by atoms with Gasteiger partial charge >= 0.3 is 0 Å². The quantitative estimate of drug-likeness (QED) is 0.457. The average Bonchev–Trinajstić information content (AvgIpc) is 2.03. The van der Waals surface area contributed by atoms with Crippen LogP contribution in [0.15, 0.2) is 24.4 Å². The standard InChI is InChI=1S/C10H19N/c1-3-5-7-8-10-11-9-6-4-2/h5-7,9,11H,3-4,8,10H2,1-2H3. The summed E-state index contributed by atoms with van der Waals surface area (Å²) in [6, 6.07) is 0. The van der Waals surface area contributed by atoms with Crippen LogP contribution in [0.4, 0.5) is 0 Å². The van der Waals surface area contributed by atoms with Gasteiger partial charge in [0, 0.05) is 6.54 Å². The van der Waals surface area contributed by atoms with Crippen molar-refractivity contribution in [2.45, 2.75) is 33.1 Å². The fourth-order valence-corrected chi connectivity index (χ4v) is 0.736. The Hall–Kier alpha value is -0.720. The smallest absolute Gasteiger partial charge is 0.0175 e. The monoisotopic (exact) mass is 153 g/mol. The van der Waals surface area contributed by atoms with E-state index in [1.807, 2.05) is 6.20 Å². The third-order valence-electron chi connectivity index (χ3n) is 1.33. The van der Waals surface area contributed by atoms with Crippen molar-refractivity contribution < 1.29 is 0 Å². The number of nitrogens with one attached hydrogen (secondary N) is 1. The van der Waals surface area contributed by atoms with Crippen molar-refractivity contribution in [1.29, 1.82) is 0 Å². The molecule has 1 N–H and O–H groups in total. The normalized spacial score (nSPS) is 11.5. The van der Waals surface area contributed by atoms with E-state index in [0.29, 0.717) is 0 Å². The zero-order valence-electron chi connectivity index (χ0n) is 7.64. The minimum Gasteiger partial charge on any atom is -0.391 e. The maximum absolute atomic E-state index is 3.21. The molecule has 0 aromatic carbocycles. The van der Waals surface area contributed by atoms with Crippen LogP contribution in [0.1, 0.15) is 33.1 Å². The van der Waals surface area contributed by atoms with Gasteiger partial charge < -0.3 is 5.32 Å². The highest BCUT2D eigenvalue weighted by atomic mass is 14.8. The third kappa shape index (κ3) is 9.28. The molecule has 0 aliphatic heterocycles. The zero-order valence-corrected chi connectivity index (χ0v) is 7.64. The summed E-state index contributed by atoms with van der Waals surface area (Å²) in [4.78, 5) is 0. The Morgan fingerprint density at radius 3 is 2.36 bits per heavy atom. The van der Waals surface area contributed by atoms with E-state index in [4.69, 9.17) is 0 Å². The first-order valence-electron chi connectivity index (χ1n) is 4.45. The van der Waals surface area contributed by atoms with E-state index < -0.39 is 0 Å². The molecule has 1 nitrogen and oxygen atoms in total. The van der Waals surface area contributed by atoms with Crippen LogP contribution in [0.5, 0.6) is 0 Å². The molecule has 0 unspecified atom stereocenters. The van der Waals surface area contributed by atoms with E-state index in [9.17, 15) is 0 Å². The van der Waals surface area contributed by atoms with Crippen LogP contribution in [0, 0.1) is 0 Å². The Bertz CT molecular complexity index is 100. The highest BCUT2D eigenvalue weighted by Crippen LogP contribution is 1.84. The molecular weight excluding hydrogens is 134 g/mol. The van der Waals surface area contributed by atoms with Crippen LogP contribution in [0.3, 0.4) is 0 Å². The molecule has 11 heavy (non-hydrogen) atoms. The van der Waals surface area contributed by atoms with Crippen molar-refractivity contribution in [3.05, 3.63) is 24.4 Å². The van der Waals surface area contributed by atoms with Gasteiger partial charge in [-0.25, -0.2) is 0 Å². The molecule has 0 atom stereocenters. The molecule has 0 aromatic heterocycles. The Labute approximate surface area is 70.2 Å². The first-order valence-corrected chi connectivity index (χ1v) is 4.45. The van der Waals surface area contributed by atoms with Crippen LogP contribution in [0.2, 0.25) is 0 Å². The topological polar surface area (TPSA) is 12.0 Å². The Morgan fingerprint density at radius 1 is 1.00 bits per heavy atom. The lowest BCUT2D eigenvalue weighted by atomic mass is 10.3. The van der Waals surface area contributed by atoms with E-state index in [1.165, 1.54) is 0 Å². The minimum atomic E-state index is 1.05. The van der Waals surface area contributed by atoms with Crippen molar-refractivity contribution in [3.8, 4) is 0 Å². The maximum atomic E-state index is 3.21. The summed E-state index contributed by atoms with van der Waals surface area (Å²) in [6.07, 6.45) is 12.0. The zero-order chi connectivity index (χ0) is 8.36. The first-order chi connectivity index (χ1) is 5.41. The van der Waals surface area contributed by atoms with Crippen LogP contribution in [0.25, 0.3) is 0 Å². The highest BCUT2D eigenvalue weighted by Gasteiger charge is 1.75. The Morgan fingerprint density at radius 2 is 1.73 bits per heavy atom. The molecule has 0 bridgehead atoms. The molecule has 0 aliphatic rings. The highest BCUT2D eigenvalue weighted by molar-refractivity contribution is 4.83. The lowest BCUT2D eigenvalue weighted by molar-refractivity contribution is 0.845. The van der Waals surface area contributed by atoms with Gasteiger partial charge in [-0.2, -0.15) is 0 Å². The van der Waals surface area contributed by atoms with Crippen LogP contribution in [-0.2, 0) is 0 Å². The maximum Gasteiger partial charge on any atom is 0.0175 e. The number of allylic oxidation sites excluding steroid dienone is 2. The number of hydrogen-bond donors (Lipinski definition) is 1. The molecule has 64 valence electrons. The fraction of sp³-hybridized carbons (Fsp3) is 0.600. The lowest BCUT2D eigenvalue weighted by Crippen LogP contribution is -2.04. The lowest BCUT2D eigenvalue weighted by Gasteiger charge is -1.94.